The normalized spacial score (nSPS) is 16.5. The minimum absolute atomic E-state index is 0.0960. The van der Waals surface area contributed by atoms with Crippen LogP contribution >= 0.6 is 27.3 Å². The molecule has 0 saturated carbocycles. The third kappa shape index (κ3) is 4.34. The third-order valence-electron chi connectivity index (χ3n) is 3.40. The van der Waals surface area contributed by atoms with Crippen LogP contribution in [0.3, 0.4) is 0 Å². The molecule has 1 aromatic heterocycles. The summed E-state index contributed by atoms with van der Waals surface area (Å²) in [6.45, 7) is 10.4. The van der Waals surface area contributed by atoms with E-state index in [1.807, 2.05) is 11.3 Å². The van der Waals surface area contributed by atoms with Gasteiger partial charge in [-0.15, -0.1) is 11.3 Å². The van der Waals surface area contributed by atoms with Crippen LogP contribution in [0.2, 0.25) is 0 Å². The van der Waals surface area contributed by atoms with E-state index < -0.39 is 0 Å². The van der Waals surface area contributed by atoms with Crippen LogP contribution in [0.15, 0.2) is 15.9 Å². The predicted octanol–water partition coefficient (Wildman–Crippen LogP) is 4.24. The maximum absolute atomic E-state index is 6.00. The number of thiophene rings is 1. The largest absolute Gasteiger partial charge is 0.374 e. The van der Waals surface area contributed by atoms with E-state index in [9.17, 15) is 0 Å². The number of hydrogen-bond donors (Lipinski definition) is 1. The molecule has 4 heteroatoms. The lowest BCUT2D eigenvalue weighted by molar-refractivity contribution is -0.0545. The second kappa shape index (κ2) is 7.63. The van der Waals surface area contributed by atoms with Gasteiger partial charge in [0.1, 0.15) is 0 Å². The van der Waals surface area contributed by atoms with E-state index in [1.165, 1.54) is 8.66 Å². The number of halogens is 1. The molecular weight excluding hydrogens is 310 g/mol. The van der Waals surface area contributed by atoms with Crippen LogP contribution in [0, 0.1) is 0 Å². The molecule has 0 aliphatic rings. The number of ether oxygens (including phenoxy) is 1. The second-order valence-electron chi connectivity index (χ2n) is 4.62. The maximum Gasteiger partial charge on any atom is 0.0807 e. The lowest BCUT2D eigenvalue weighted by Crippen LogP contribution is -2.51. The molecule has 18 heavy (non-hydrogen) atoms. The molecule has 0 saturated heterocycles. The Hall–Kier alpha value is 0.1000. The van der Waals surface area contributed by atoms with Crippen molar-refractivity contribution >= 4 is 27.3 Å². The maximum atomic E-state index is 6.00. The summed E-state index contributed by atoms with van der Waals surface area (Å²) in [6, 6.07) is 4.67. The van der Waals surface area contributed by atoms with Crippen molar-refractivity contribution in [3.8, 4) is 0 Å². The van der Waals surface area contributed by atoms with Gasteiger partial charge in [0.25, 0.3) is 0 Å². The van der Waals surface area contributed by atoms with Crippen molar-refractivity contribution in [3.05, 3.63) is 20.8 Å². The van der Waals surface area contributed by atoms with Crippen LogP contribution < -0.4 is 5.32 Å². The molecule has 2 atom stereocenters. The van der Waals surface area contributed by atoms with E-state index in [2.05, 4.69) is 61.1 Å². The van der Waals surface area contributed by atoms with E-state index in [-0.39, 0.29) is 5.60 Å². The quantitative estimate of drug-likeness (QED) is 0.768. The van der Waals surface area contributed by atoms with E-state index in [1.54, 1.807) is 0 Å². The van der Waals surface area contributed by atoms with E-state index in [4.69, 9.17) is 4.74 Å². The first kappa shape index (κ1) is 16.2. The van der Waals surface area contributed by atoms with Crippen molar-refractivity contribution in [1.82, 2.24) is 5.32 Å². The van der Waals surface area contributed by atoms with E-state index in [0.717, 1.165) is 26.0 Å². The molecule has 1 aromatic rings. The first-order valence-corrected chi connectivity index (χ1v) is 8.28. The summed E-state index contributed by atoms with van der Waals surface area (Å²) >= 11 is 5.33. The van der Waals surface area contributed by atoms with Crippen LogP contribution in [0.5, 0.6) is 0 Å². The molecule has 1 rings (SSSR count). The van der Waals surface area contributed by atoms with Crippen LogP contribution in [0.25, 0.3) is 0 Å². The fourth-order valence-corrected chi connectivity index (χ4v) is 3.72. The van der Waals surface area contributed by atoms with Crippen LogP contribution in [0.1, 0.15) is 39.0 Å². The Morgan fingerprint density at radius 3 is 2.56 bits per heavy atom. The van der Waals surface area contributed by atoms with Gasteiger partial charge < -0.3 is 10.1 Å². The molecule has 1 heterocycles. The SMILES string of the molecule is CCNC(Cc1ccc(Br)s1)C(C)(CC)OCC. The monoisotopic (exact) mass is 333 g/mol. The smallest absolute Gasteiger partial charge is 0.0807 e. The first-order valence-electron chi connectivity index (χ1n) is 6.67. The molecule has 0 aliphatic heterocycles. The molecule has 0 amide bonds. The van der Waals surface area contributed by atoms with Crippen molar-refractivity contribution < 1.29 is 4.74 Å². The Labute approximate surface area is 123 Å². The third-order valence-corrected chi connectivity index (χ3v) is 5.04. The molecule has 2 nitrogen and oxygen atoms in total. The standard InChI is InChI=1S/C14H24BrNOS/c1-5-14(4,17-7-3)12(16-6-2)10-11-8-9-13(15)18-11/h8-9,12,16H,5-7,10H2,1-4H3. The van der Waals surface area contributed by atoms with Crippen molar-refractivity contribution in [2.45, 2.75) is 52.2 Å². The summed E-state index contributed by atoms with van der Waals surface area (Å²) in [7, 11) is 0. The van der Waals surface area contributed by atoms with Gasteiger partial charge in [-0.1, -0.05) is 13.8 Å². The molecule has 2 unspecified atom stereocenters. The lowest BCUT2D eigenvalue weighted by Gasteiger charge is -2.37. The molecular formula is C14H24BrNOS. The van der Waals surface area contributed by atoms with Gasteiger partial charge >= 0.3 is 0 Å². The van der Waals surface area contributed by atoms with Gasteiger partial charge in [-0.05, 0) is 61.3 Å². The fourth-order valence-electron chi connectivity index (χ4n) is 2.19. The summed E-state index contributed by atoms with van der Waals surface area (Å²) in [5.74, 6) is 0. The van der Waals surface area contributed by atoms with Gasteiger partial charge in [0.15, 0.2) is 0 Å². The Balaban J connectivity index is 2.80. The molecule has 0 aliphatic carbocycles. The van der Waals surface area contributed by atoms with Crippen LogP contribution in [0.4, 0.5) is 0 Å². The topological polar surface area (TPSA) is 21.3 Å². The Kier molecular flexibility index (Phi) is 6.85. The van der Waals surface area contributed by atoms with E-state index in [0.29, 0.717) is 6.04 Å². The minimum Gasteiger partial charge on any atom is -0.374 e. The van der Waals surface area contributed by atoms with Gasteiger partial charge in [0.2, 0.25) is 0 Å². The predicted molar refractivity (Wildman–Crippen MR) is 83.5 cm³/mol. The minimum atomic E-state index is -0.0960. The zero-order valence-electron chi connectivity index (χ0n) is 11.8. The number of hydrogen-bond acceptors (Lipinski definition) is 3. The van der Waals surface area contributed by atoms with E-state index >= 15 is 0 Å². The second-order valence-corrected chi connectivity index (χ2v) is 7.17. The first-order chi connectivity index (χ1) is 8.55. The lowest BCUT2D eigenvalue weighted by atomic mass is 9.90. The molecule has 1 N–H and O–H groups in total. The summed E-state index contributed by atoms with van der Waals surface area (Å²) in [6.07, 6.45) is 2.04. The van der Waals surface area contributed by atoms with Crippen molar-refractivity contribution in [2.75, 3.05) is 13.2 Å². The van der Waals surface area contributed by atoms with Gasteiger partial charge in [-0.2, -0.15) is 0 Å². The summed E-state index contributed by atoms with van der Waals surface area (Å²) in [4.78, 5) is 1.40. The highest BCUT2D eigenvalue weighted by Crippen LogP contribution is 2.28. The summed E-state index contributed by atoms with van der Waals surface area (Å²) < 4.78 is 7.20. The van der Waals surface area contributed by atoms with Crippen molar-refractivity contribution in [3.63, 3.8) is 0 Å². The Bertz CT molecular complexity index is 355. The molecule has 0 aromatic carbocycles. The average Bonchev–Trinajstić information content (AvgIpc) is 2.74. The van der Waals surface area contributed by atoms with Crippen molar-refractivity contribution in [2.24, 2.45) is 0 Å². The Morgan fingerprint density at radius 2 is 2.11 bits per heavy atom. The average molecular weight is 334 g/mol. The fraction of sp³-hybridized carbons (Fsp3) is 0.714. The summed E-state index contributed by atoms with van der Waals surface area (Å²) in [5.41, 5.74) is -0.0960. The molecule has 0 spiro atoms. The van der Waals surface area contributed by atoms with Gasteiger partial charge in [0.05, 0.1) is 9.39 Å². The van der Waals surface area contributed by atoms with Gasteiger partial charge in [-0.3, -0.25) is 0 Å². The zero-order chi connectivity index (χ0) is 13.6. The number of rotatable bonds is 8. The molecule has 0 radical (unpaired) electrons. The molecule has 0 fully saturated rings. The van der Waals surface area contributed by atoms with Crippen LogP contribution in [-0.4, -0.2) is 24.8 Å². The van der Waals surface area contributed by atoms with Crippen LogP contribution in [-0.2, 0) is 11.2 Å². The highest BCUT2D eigenvalue weighted by atomic mass is 79.9. The van der Waals surface area contributed by atoms with Gasteiger partial charge in [0, 0.05) is 17.5 Å². The zero-order valence-corrected chi connectivity index (χ0v) is 14.2. The Morgan fingerprint density at radius 1 is 1.39 bits per heavy atom. The highest BCUT2D eigenvalue weighted by molar-refractivity contribution is 9.11. The highest BCUT2D eigenvalue weighted by Gasteiger charge is 2.33. The van der Waals surface area contributed by atoms with Gasteiger partial charge in [-0.25, -0.2) is 0 Å². The molecule has 104 valence electrons. The summed E-state index contributed by atoms with van der Waals surface area (Å²) in [5, 5.41) is 3.58. The number of likely N-dealkylation sites (N-methyl/N-ethyl adjacent to an activating group) is 1. The van der Waals surface area contributed by atoms with Crippen molar-refractivity contribution in [1.29, 1.82) is 0 Å². The molecule has 0 bridgehead atoms. The number of nitrogens with one attached hydrogen (secondary N) is 1.